The molecule has 144 valence electrons. The molecular weight excluding hydrogens is 365 g/mol. The second-order valence-electron chi connectivity index (χ2n) is 6.19. The molecule has 7 heteroatoms. The second-order valence-corrected chi connectivity index (χ2v) is 6.19. The average molecular weight is 383 g/mol. The van der Waals surface area contributed by atoms with Crippen LogP contribution in [0.1, 0.15) is 21.5 Å². The number of aryl methyl sites for hydroxylation is 1. The summed E-state index contributed by atoms with van der Waals surface area (Å²) in [6.45, 7) is 2.00. The van der Waals surface area contributed by atoms with E-state index in [-0.39, 0.29) is 23.7 Å². The Hall–Kier alpha value is -3.74. The summed E-state index contributed by atoms with van der Waals surface area (Å²) in [6.07, 6.45) is 0. The van der Waals surface area contributed by atoms with Gasteiger partial charge in [0.1, 0.15) is 40.1 Å². The molecule has 3 rings (SSSR count). The minimum atomic E-state index is -0.680. The number of benzene rings is 3. The third-order valence-corrected chi connectivity index (χ3v) is 4.11. The molecule has 0 saturated carbocycles. The third-order valence-electron chi connectivity index (χ3n) is 4.11. The van der Waals surface area contributed by atoms with Gasteiger partial charge in [-0.15, -0.1) is 0 Å². The van der Waals surface area contributed by atoms with Crippen molar-refractivity contribution in [3.05, 3.63) is 77.1 Å². The molecule has 0 atom stereocenters. The number of phenolic OH excluding ortho intramolecular Hbond substituents is 3. The molecular formula is C21H18FNO5. The van der Waals surface area contributed by atoms with Crippen LogP contribution in [0, 0.1) is 12.7 Å². The van der Waals surface area contributed by atoms with Gasteiger partial charge >= 0.3 is 0 Å². The van der Waals surface area contributed by atoms with E-state index in [1.165, 1.54) is 24.3 Å². The summed E-state index contributed by atoms with van der Waals surface area (Å²) in [5, 5.41) is 31.5. The van der Waals surface area contributed by atoms with E-state index in [1.54, 1.807) is 18.2 Å². The minimum Gasteiger partial charge on any atom is -0.508 e. The predicted molar refractivity (Wildman–Crippen MR) is 100 cm³/mol. The van der Waals surface area contributed by atoms with Crippen LogP contribution in [0.15, 0.2) is 54.6 Å². The highest BCUT2D eigenvalue weighted by molar-refractivity contribution is 5.99. The number of ether oxygens (including phenoxy) is 1. The number of phenols is 3. The molecule has 0 aliphatic rings. The van der Waals surface area contributed by atoms with E-state index in [2.05, 4.69) is 5.32 Å². The summed E-state index contributed by atoms with van der Waals surface area (Å²) in [6, 6.07) is 12.9. The molecule has 0 bridgehead atoms. The maximum Gasteiger partial charge on any atom is 0.259 e. The normalized spacial score (nSPS) is 10.5. The number of aromatic hydroxyl groups is 3. The Labute approximate surface area is 160 Å². The van der Waals surface area contributed by atoms with Crippen LogP contribution in [0.4, 0.5) is 4.39 Å². The number of amides is 1. The van der Waals surface area contributed by atoms with Crippen LogP contribution >= 0.6 is 0 Å². The van der Waals surface area contributed by atoms with Gasteiger partial charge < -0.3 is 25.4 Å². The summed E-state index contributed by atoms with van der Waals surface area (Å²) >= 11 is 0. The molecule has 0 fully saturated rings. The summed E-state index contributed by atoms with van der Waals surface area (Å²) in [4.78, 5) is 12.2. The summed E-state index contributed by atoms with van der Waals surface area (Å²) in [5.74, 6) is -1.35. The highest BCUT2D eigenvalue weighted by atomic mass is 19.1. The van der Waals surface area contributed by atoms with Gasteiger partial charge in [-0.05, 0) is 54.4 Å². The lowest BCUT2D eigenvalue weighted by atomic mass is 10.1. The van der Waals surface area contributed by atoms with Crippen molar-refractivity contribution in [1.82, 2.24) is 5.32 Å². The number of hydrogen-bond acceptors (Lipinski definition) is 5. The van der Waals surface area contributed by atoms with E-state index in [9.17, 15) is 24.5 Å². The van der Waals surface area contributed by atoms with Gasteiger partial charge in [0, 0.05) is 18.7 Å². The monoisotopic (exact) mass is 383 g/mol. The van der Waals surface area contributed by atoms with Crippen LogP contribution in [-0.4, -0.2) is 21.2 Å². The Bertz CT molecular complexity index is 995. The predicted octanol–water partition coefficient (Wildman–Crippen LogP) is 3.97. The van der Waals surface area contributed by atoms with Gasteiger partial charge in [-0.25, -0.2) is 4.39 Å². The van der Waals surface area contributed by atoms with Crippen molar-refractivity contribution in [2.45, 2.75) is 13.5 Å². The fraction of sp³-hybridized carbons (Fsp3) is 0.0952. The Morgan fingerprint density at radius 1 is 0.964 bits per heavy atom. The molecule has 3 aromatic carbocycles. The standard InChI is InChI=1S/C21H18FNO5/c1-12-8-17(28-16-6-3-14(22)4-7-16)5-2-13(12)11-23-21(27)20-18(25)9-15(24)10-19(20)26/h2-10,24-26H,11H2,1H3,(H,23,27). The van der Waals surface area contributed by atoms with Gasteiger partial charge in [-0.2, -0.15) is 0 Å². The maximum atomic E-state index is 13.0. The Morgan fingerprint density at radius 3 is 2.18 bits per heavy atom. The molecule has 1 amide bonds. The Morgan fingerprint density at radius 2 is 1.57 bits per heavy atom. The Kier molecular flexibility index (Phi) is 5.35. The van der Waals surface area contributed by atoms with Crippen molar-refractivity contribution in [1.29, 1.82) is 0 Å². The lowest BCUT2D eigenvalue weighted by molar-refractivity contribution is 0.0945. The van der Waals surface area contributed by atoms with Crippen molar-refractivity contribution in [3.63, 3.8) is 0 Å². The van der Waals surface area contributed by atoms with E-state index in [1.807, 2.05) is 6.92 Å². The molecule has 0 spiro atoms. The van der Waals surface area contributed by atoms with Crippen molar-refractivity contribution < 1.29 is 29.2 Å². The molecule has 0 saturated heterocycles. The van der Waals surface area contributed by atoms with E-state index in [0.29, 0.717) is 11.5 Å². The van der Waals surface area contributed by atoms with Crippen LogP contribution in [0.25, 0.3) is 0 Å². The van der Waals surface area contributed by atoms with Crippen LogP contribution in [0.3, 0.4) is 0 Å². The van der Waals surface area contributed by atoms with Crippen LogP contribution < -0.4 is 10.1 Å². The van der Waals surface area contributed by atoms with Crippen LogP contribution in [0.5, 0.6) is 28.7 Å². The molecule has 28 heavy (non-hydrogen) atoms. The fourth-order valence-corrected chi connectivity index (χ4v) is 2.66. The number of carbonyl (C=O) groups is 1. The third kappa shape index (κ3) is 4.32. The SMILES string of the molecule is Cc1cc(Oc2ccc(F)cc2)ccc1CNC(=O)c1c(O)cc(O)cc1O. The number of rotatable bonds is 5. The molecule has 0 radical (unpaired) electrons. The van der Waals surface area contributed by atoms with Gasteiger partial charge in [-0.3, -0.25) is 4.79 Å². The quantitative estimate of drug-likeness (QED) is 0.534. The van der Waals surface area contributed by atoms with E-state index in [0.717, 1.165) is 23.3 Å². The van der Waals surface area contributed by atoms with Crippen molar-refractivity contribution >= 4 is 5.91 Å². The molecule has 0 heterocycles. The highest BCUT2D eigenvalue weighted by Crippen LogP contribution is 2.32. The number of nitrogens with one attached hydrogen (secondary N) is 1. The molecule has 4 N–H and O–H groups in total. The topological polar surface area (TPSA) is 99.0 Å². The Balaban J connectivity index is 1.68. The van der Waals surface area contributed by atoms with Gasteiger partial charge in [0.05, 0.1) is 0 Å². The van der Waals surface area contributed by atoms with Crippen molar-refractivity contribution in [2.24, 2.45) is 0 Å². The smallest absolute Gasteiger partial charge is 0.259 e. The van der Waals surface area contributed by atoms with Crippen LogP contribution in [0.2, 0.25) is 0 Å². The van der Waals surface area contributed by atoms with Crippen molar-refractivity contribution in [2.75, 3.05) is 0 Å². The molecule has 0 aliphatic heterocycles. The zero-order valence-electron chi connectivity index (χ0n) is 14.9. The van der Waals surface area contributed by atoms with Gasteiger partial charge in [0.25, 0.3) is 5.91 Å². The molecule has 6 nitrogen and oxygen atoms in total. The lowest BCUT2D eigenvalue weighted by Crippen LogP contribution is -2.23. The van der Waals surface area contributed by atoms with Gasteiger partial charge in [0.2, 0.25) is 0 Å². The number of halogens is 1. The first-order valence-electron chi connectivity index (χ1n) is 8.39. The van der Waals surface area contributed by atoms with Crippen molar-refractivity contribution in [3.8, 4) is 28.7 Å². The number of hydrogen-bond donors (Lipinski definition) is 4. The first-order valence-corrected chi connectivity index (χ1v) is 8.39. The maximum absolute atomic E-state index is 13.0. The van der Waals surface area contributed by atoms with E-state index < -0.39 is 17.4 Å². The average Bonchev–Trinajstić information content (AvgIpc) is 2.62. The van der Waals surface area contributed by atoms with Crippen LogP contribution in [-0.2, 0) is 6.54 Å². The van der Waals surface area contributed by atoms with Gasteiger partial charge in [0.15, 0.2) is 0 Å². The van der Waals surface area contributed by atoms with E-state index >= 15 is 0 Å². The number of carbonyl (C=O) groups excluding carboxylic acids is 1. The molecule has 0 aliphatic carbocycles. The molecule has 0 unspecified atom stereocenters. The summed E-state index contributed by atoms with van der Waals surface area (Å²) in [5.41, 5.74) is 1.34. The first-order chi connectivity index (χ1) is 13.3. The minimum absolute atomic E-state index is 0.154. The second kappa shape index (κ2) is 7.87. The largest absolute Gasteiger partial charge is 0.508 e. The zero-order valence-corrected chi connectivity index (χ0v) is 14.9. The summed E-state index contributed by atoms with van der Waals surface area (Å²) in [7, 11) is 0. The zero-order chi connectivity index (χ0) is 20.3. The fourth-order valence-electron chi connectivity index (χ4n) is 2.66. The van der Waals surface area contributed by atoms with Gasteiger partial charge in [-0.1, -0.05) is 6.07 Å². The summed E-state index contributed by atoms with van der Waals surface area (Å²) < 4.78 is 18.6. The first kappa shape index (κ1) is 19.0. The highest BCUT2D eigenvalue weighted by Gasteiger charge is 2.17. The van der Waals surface area contributed by atoms with E-state index in [4.69, 9.17) is 4.74 Å². The lowest BCUT2D eigenvalue weighted by Gasteiger charge is -2.12. The molecule has 0 aromatic heterocycles. The molecule has 3 aromatic rings.